The first-order valence-corrected chi connectivity index (χ1v) is 8.84. The number of hydrogen-bond donors (Lipinski definition) is 1. The Bertz CT molecular complexity index is 947. The molecular formula is C20H15F3N2OS. The van der Waals surface area contributed by atoms with Crippen molar-refractivity contribution in [3.63, 3.8) is 0 Å². The molecule has 1 saturated heterocycles. The summed E-state index contributed by atoms with van der Waals surface area (Å²) in [5.41, 5.74) is 0.759. The van der Waals surface area contributed by atoms with Crippen molar-refractivity contribution in [3.05, 3.63) is 82.3 Å². The second-order valence-corrected chi connectivity index (χ2v) is 6.83. The molecule has 0 atom stereocenters. The van der Waals surface area contributed by atoms with Gasteiger partial charge in [-0.1, -0.05) is 48.5 Å². The van der Waals surface area contributed by atoms with Crippen LogP contribution in [-0.2, 0) is 11.0 Å². The van der Waals surface area contributed by atoms with Crippen LogP contribution in [0.15, 0.2) is 76.1 Å². The number of hydrogen-bond acceptors (Lipinski definition) is 3. The number of nitrogens with one attached hydrogen (secondary N) is 1. The van der Waals surface area contributed by atoms with Crippen molar-refractivity contribution < 1.29 is 18.0 Å². The van der Waals surface area contributed by atoms with E-state index in [1.165, 1.54) is 18.2 Å². The first-order valence-electron chi connectivity index (χ1n) is 8.02. The Morgan fingerprint density at radius 2 is 1.74 bits per heavy atom. The monoisotopic (exact) mass is 388 g/mol. The van der Waals surface area contributed by atoms with Crippen molar-refractivity contribution in [2.24, 2.45) is 4.99 Å². The average molecular weight is 388 g/mol. The Kier molecular flexibility index (Phi) is 5.51. The summed E-state index contributed by atoms with van der Waals surface area (Å²) in [6.45, 7) is 1.85. The molecule has 1 heterocycles. The van der Waals surface area contributed by atoms with Gasteiger partial charge in [0.15, 0.2) is 5.17 Å². The highest BCUT2D eigenvalue weighted by Gasteiger charge is 2.34. The van der Waals surface area contributed by atoms with Crippen molar-refractivity contribution in [2.75, 3.05) is 0 Å². The molecule has 0 radical (unpaired) electrons. The van der Waals surface area contributed by atoms with Crippen molar-refractivity contribution in [1.29, 1.82) is 0 Å². The summed E-state index contributed by atoms with van der Waals surface area (Å²) in [6.07, 6.45) is -0.915. The standard InChI is InChI=1S/C20H15F3N2OS/c1-13(11-14-7-3-2-4-8-14)12-17-18(26)25-19(27-17)24-16-10-6-5-9-15(16)20(21,22)23/h2-12H,1H3,(H,24,25,26)/b13-11-,17-12-. The summed E-state index contributed by atoms with van der Waals surface area (Å²) in [5.74, 6) is -0.385. The van der Waals surface area contributed by atoms with Crippen LogP contribution in [0.3, 0.4) is 0 Å². The molecule has 0 unspecified atom stereocenters. The zero-order valence-corrected chi connectivity index (χ0v) is 15.1. The Balaban J connectivity index is 1.84. The van der Waals surface area contributed by atoms with Gasteiger partial charge in [-0.3, -0.25) is 4.79 Å². The van der Waals surface area contributed by atoms with E-state index in [0.717, 1.165) is 29.0 Å². The third-order valence-electron chi connectivity index (χ3n) is 3.64. The fourth-order valence-electron chi connectivity index (χ4n) is 2.46. The molecule has 2 aromatic carbocycles. The highest BCUT2D eigenvalue weighted by Crippen LogP contribution is 2.37. The first kappa shape index (κ1) is 19.0. The van der Waals surface area contributed by atoms with Crippen LogP contribution in [0.5, 0.6) is 0 Å². The molecule has 0 aliphatic carbocycles. The van der Waals surface area contributed by atoms with E-state index in [1.807, 2.05) is 43.3 Å². The SMILES string of the molecule is CC(=C/c1ccccc1)/C=C1\SC(=Nc2ccccc2C(F)(F)F)NC1=O. The quantitative estimate of drug-likeness (QED) is 0.701. The summed E-state index contributed by atoms with van der Waals surface area (Å²) in [4.78, 5) is 16.5. The maximum Gasteiger partial charge on any atom is 0.418 e. The molecule has 1 aliphatic rings. The molecule has 0 saturated carbocycles. The third-order valence-corrected chi connectivity index (χ3v) is 4.54. The van der Waals surface area contributed by atoms with Crippen LogP contribution in [0.25, 0.3) is 6.08 Å². The molecule has 3 rings (SSSR count). The molecule has 0 spiro atoms. The molecule has 1 N–H and O–H groups in total. The molecule has 27 heavy (non-hydrogen) atoms. The van der Waals surface area contributed by atoms with Gasteiger partial charge in [0, 0.05) is 0 Å². The summed E-state index contributed by atoms with van der Waals surface area (Å²) in [5, 5.41) is 2.63. The third kappa shape index (κ3) is 4.89. The number of para-hydroxylation sites is 1. The van der Waals surface area contributed by atoms with Gasteiger partial charge in [0.2, 0.25) is 0 Å². The number of alkyl halides is 3. The van der Waals surface area contributed by atoms with Crippen LogP contribution >= 0.6 is 11.8 Å². The molecular weight excluding hydrogens is 373 g/mol. The van der Waals surface area contributed by atoms with Crippen molar-refractivity contribution in [1.82, 2.24) is 5.32 Å². The van der Waals surface area contributed by atoms with Crippen LogP contribution in [0.4, 0.5) is 18.9 Å². The number of benzene rings is 2. The smallest absolute Gasteiger partial charge is 0.300 e. The fraction of sp³-hybridized carbons (Fsp3) is 0.100. The molecule has 7 heteroatoms. The second kappa shape index (κ2) is 7.84. The van der Waals surface area contributed by atoms with Crippen LogP contribution in [-0.4, -0.2) is 11.1 Å². The number of rotatable bonds is 3. The van der Waals surface area contributed by atoms with Gasteiger partial charge in [-0.25, -0.2) is 4.99 Å². The molecule has 1 amide bonds. The Hall–Kier alpha value is -2.80. The minimum absolute atomic E-state index is 0.121. The highest BCUT2D eigenvalue weighted by molar-refractivity contribution is 8.18. The van der Waals surface area contributed by atoms with Gasteiger partial charge >= 0.3 is 6.18 Å². The normalized spacial score (nSPS) is 18.2. The summed E-state index contributed by atoms with van der Waals surface area (Å²) in [7, 11) is 0. The van der Waals surface area contributed by atoms with Crippen molar-refractivity contribution >= 4 is 34.6 Å². The number of thioether (sulfide) groups is 1. The second-order valence-electron chi connectivity index (χ2n) is 5.80. The predicted octanol–water partition coefficient (Wildman–Crippen LogP) is 5.54. The fourth-order valence-corrected chi connectivity index (χ4v) is 3.35. The van der Waals surface area contributed by atoms with Gasteiger partial charge in [0.05, 0.1) is 16.2 Å². The van der Waals surface area contributed by atoms with Gasteiger partial charge < -0.3 is 5.32 Å². The average Bonchev–Trinajstić information content (AvgIpc) is 2.94. The lowest BCUT2D eigenvalue weighted by atomic mass is 10.1. The Morgan fingerprint density at radius 1 is 1.07 bits per heavy atom. The zero-order chi connectivity index (χ0) is 19.4. The van der Waals surface area contributed by atoms with Crippen LogP contribution in [0, 0.1) is 0 Å². The molecule has 3 nitrogen and oxygen atoms in total. The largest absolute Gasteiger partial charge is 0.418 e. The Labute approximate surface area is 158 Å². The molecule has 2 aromatic rings. The molecule has 138 valence electrons. The minimum atomic E-state index is -4.51. The summed E-state index contributed by atoms with van der Waals surface area (Å²) >= 11 is 1.01. The van der Waals surface area contributed by atoms with Gasteiger partial charge in [-0.05, 0) is 48.0 Å². The minimum Gasteiger partial charge on any atom is -0.300 e. The van der Waals surface area contributed by atoms with E-state index in [-0.39, 0.29) is 16.8 Å². The van der Waals surface area contributed by atoms with Gasteiger partial charge in [0.25, 0.3) is 5.91 Å². The maximum atomic E-state index is 13.1. The van der Waals surface area contributed by atoms with Crippen molar-refractivity contribution in [2.45, 2.75) is 13.1 Å². The number of nitrogens with zero attached hydrogens (tertiary/aromatic N) is 1. The van der Waals surface area contributed by atoms with E-state index in [2.05, 4.69) is 10.3 Å². The molecule has 1 aliphatic heterocycles. The van der Waals surface area contributed by atoms with E-state index in [0.29, 0.717) is 4.91 Å². The predicted molar refractivity (Wildman–Crippen MR) is 102 cm³/mol. The van der Waals surface area contributed by atoms with E-state index < -0.39 is 11.7 Å². The molecule has 1 fully saturated rings. The van der Waals surface area contributed by atoms with Crippen LogP contribution < -0.4 is 5.32 Å². The van der Waals surface area contributed by atoms with Crippen LogP contribution in [0.1, 0.15) is 18.1 Å². The van der Waals surface area contributed by atoms with E-state index in [9.17, 15) is 18.0 Å². The zero-order valence-electron chi connectivity index (χ0n) is 14.2. The van der Waals surface area contributed by atoms with E-state index in [1.54, 1.807) is 6.08 Å². The topological polar surface area (TPSA) is 41.5 Å². The Morgan fingerprint density at radius 3 is 2.44 bits per heavy atom. The molecule has 0 bridgehead atoms. The maximum absolute atomic E-state index is 13.1. The van der Waals surface area contributed by atoms with Crippen molar-refractivity contribution in [3.8, 4) is 0 Å². The van der Waals surface area contributed by atoms with Crippen LogP contribution in [0.2, 0.25) is 0 Å². The molecule has 0 aromatic heterocycles. The van der Waals surface area contributed by atoms with E-state index in [4.69, 9.17) is 0 Å². The van der Waals surface area contributed by atoms with Gasteiger partial charge in [0.1, 0.15) is 0 Å². The number of aliphatic imine (C=N–C) groups is 1. The number of amidine groups is 1. The number of carbonyl (C=O) groups is 1. The lowest BCUT2D eigenvalue weighted by Gasteiger charge is -2.09. The first-order chi connectivity index (χ1) is 12.8. The number of carbonyl (C=O) groups excluding carboxylic acids is 1. The lowest BCUT2D eigenvalue weighted by Crippen LogP contribution is -2.19. The number of allylic oxidation sites excluding steroid dienone is 2. The summed E-state index contributed by atoms with van der Waals surface area (Å²) in [6, 6.07) is 14.6. The lowest BCUT2D eigenvalue weighted by molar-refractivity contribution is -0.137. The van der Waals surface area contributed by atoms with Gasteiger partial charge in [-0.15, -0.1) is 0 Å². The summed E-state index contributed by atoms with van der Waals surface area (Å²) < 4.78 is 39.2. The highest BCUT2D eigenvalue weighted by atomic mass is 32.2. The number of amides is 1. The van der Waals surface area contributed by atoms with E-state index >= 15 is 0 Å². The van der Waals surface area contributed by atoms with Gasteiger partial charge in [-0.2, -0.15) is 13.2 Å². The number of halogens is 3.